The Balaban J connectivity index is 1.64. The first-order valence-electron chi connectivity index (χ1n) is 7.44. The largest absolute Gasteiger partial charge is 0.383 e. The summed E-state index contributed by atoms with van der Waals surface area (Å²) in [5.41, 5.74) is 1.63. The molecule has 0 saturated heterocycles. The second kappa shape index (κ2) is 6.80. The van der Waals surface area contributed by atoms with Crippen LogP contribution in [0.2, 0.25) is 0 Å². The Morgan fingerprint density at radius 1 is 0.826 bits per heavy atom. The van der Waals surface area contributed by atoms with Crippen LogP contribution < -0.4 is 10.6 Å². The molecule has 0 fully saturated rings. The molecule has 23 heavy (non-hydrogen) atoms. The molecule has 0 aliphatic heterocycles. The minimum absolute atomic E-state index is 0.0534. The Kier molecular flexibility index (Phi) is 4.39. The van der Waals surface area contributed by atoms with E-state index in [1.165, 1.54) is 16.8 Å². The zero-order valence-corrected chi connectivity index (χ0v) is 12.5. The molecule has 3 nitrogen and oxygen atoms in total. The zero-order valence-electron chi connectivity index (χ0n) is 12.5. The molecule has 0 unspecified atom stereocenters. The lowest BCUT2D eigenvalue weighted by Crippen LogP contribution is -2.14. The van der Waals surface area contributed by atoms with Crippen molar-refractivity contribution >= 4 is 22.1 Å². The van der Waals surface area contributed by atoms with Crippen LogP contribution in [0.15, 0.2) is 60.7 Å². The van der Waals surface area contributed by atoms with Crippen LogP contribution in [0.25, 0.3) is 10.8 Å². The van der Waals surface area contributed by atoms with Gasteiger partial charge in [-0.05, 0) is 23.6 Å². The predicted molar refractivity (Wildman–Crippen MR) is 92.0 cm³/mol. The Hall–Kier alpha value is -3.06. The lowest BCUT2D eigenvalue weighted by molar-refractivity contribution is 0.624. The summed E-state index contributed by atoms with van der Waals surface area (Å²) >= 11 is 0. The average molecular weight is 305 g/mol. The number of nitrogens with one attached hydrogen (secondary N) is 2. The number of halogens is 1. The maximum atomic E-state index is 13.5. The zero-order chi connectivity index (χ0) is 16.1. The first-order valence-corrected chi connectivity index (χ1v) is 7.44. The minimum atomic E-state index is -0.500. The molecule has 114 valence electrons. The lowest BCUT2D eigenvalue weighted by Gasteiger charge is -2.12. The molecular formula is C19H16FN3. The summed E-state index contributed by atoms with van der Waals surface area (Å²) in [6.45, 7) is 1.25. The Bertz CT molecular complexity index is 863. The molecule has 4 heteroatoms. The molecule has 0 heterocycles. The molecule has 0 radical (unpaired) electrons. The number of nitrogens with zero attached hydrogens (tertiary/aromatic N) is 1. The smallest absolute Gasteiger partial charge is 0.143 e. The molecule has 2 N–H and O–H groups in total. The van der Waals surface area contributed by atoms with Gasteiger partial charge in [0.2, 0.25) is 0 Å². The molecule has 0 aromatic heterocycles. The van der Waals surface area contributed by atoms with Gasteiger partial charge in [0.1, 0.15) is 17.4 Å². The fourth-order valence-electron chi connectivity index (χ4n) is 2.56. The summed E-state index contributed by atoms with van der Waals surface area (Å²) in [5, 5.41) is 17.8. The van der Waals surface area contributed by atoms with Crippen LogP contribution in [-0.2, 0) is 0 Å². The van der Waals surface area contributed by atoms with Crippen LogP contribution in [0.4, 0.5) is 15.8 Å². The molecule has 0 bridgehead atoms. The van der Waals surface area contributed by atoms with E-state index in [0.717, 1.165) is 5.69 Å². The van der Waals surface area contributed by atoms with E-state index in [-0.39, 0.29) is 5.56 Å². The van der Waals surface area contributed by atoms with Crippen molar-refractivity contribution in [2.75, 3.05) is 23.7 Å². The summed E-state index contributed by atoms with van der Waals surface area (Å²) in [4.78, 5) is 0. The fourth-order valence-corrected chi connectivity index (χ4v) is 2.56. The average Bonchev–Trinajstić information content (AvgIpc) is 2.59. The number of hydrogen-bond acceptors (Lipinski definition) is 3. The Morgan fingerprint density at radius 3 is 2.30 bits per heavy atom. The first-order chi connectivity index (χ1) is 11.3. The van der Waals surface area contributed by atoms with Gasteiger partial charge in [-0.25, -0.2) is 4.39 Å². The van der Waals surface area contributed by atoms with E-state index in [1.54, 1.807) is 12.1 Å². The van der Waals surface area contributed by atoms with Gasteiger partial charge in [-0.15, -0.1) is 0 Å². The molecular weight excluding hydrogens is 289 g/mol. The standard InChI is InChI=1S/C19H16FN3/c20-17-8-4-10-19(16(17)13-21)23-12-11-22-18-9-3-6-14-5-1-2-7-15(14)18/h1-10,22-23H,11-12H2. The Labute approximate surface area is 134 Å². The second-order valence-corrected chi connectivity index (χ2v) is 5.15. The number of rotatable bonds is 5. The topological polar surface area (TPSA) is 47.9 Å². The fraction of sp³-hybridized carbons (Fsp3) is 0.105. The highest BCUT2D eigenvalue weighted by molar-refractivity contribution is 5.93. The third-order valence-electron chi connectivity index (χ3n) is 3.67. The molecule has 3 aromatic carbocycles. The number of fused-ring (bicyclic) bond motifs is 1. The molecule has 0 aliphatic carbocycles. The van der Waals surface area contributed by atoms with Gasteiger partial charge in [0.05, 0.1) is 5.69 Å². The third kappa shape index (κ3) is 3.24. The first kappa shape index (κ1) is 14.9. The van der Waals surface area contributed by atoms with Gasteiger partial charge >= 0.3 is 0 Å². The lowest BCUT2D eigenvalue weighted by atomic mass is 10.1. The van der Waals surface area contributed by atoms with E-state index < -0.39 is 5.82 Å². The highest BCUT2D eigenvalue weighted by Gasteiger charge is 2.06. The van der Waals surface area contributed by atoms with E-state index in [4.69, 9.17) is 5.26 Å². The van der Waals surface area contributed by atoms with Gasteiger partial charge in [-0.2, -0.15) is 5.26 Å². The van der Waals surface area contributed by atoms with E-state index in [2.05, 4.69) is 28.8 Å². The van der Waals surface area contributed by atoms with Gasteiger partial charge in [0.15, 0.2) is 0 Å². The van der Waals surface area contributed by atoms with Gasteiger partial charge < -0.3 is 10.6 Å². The molecule has 0 aliphatic rings. The monoisotopic (exact) mass is 305 g/mol. The van der Waals surface area contributed by atoms with Crippen molar-refractivity contribution in [3.8, 4) is 6.07 Å². The van der Waals surface area contributed by atoms with Crippen molar-refractivity contribution in [3.63, 3.8) is 0 Å². The van der Waals surface area contributed by atoms with Crippen molar-refractivity contribution < 1.29 is 4.39 Å². The molecule has 3 aromatic rings. The summed E-state index contributed by atoms with van der Waals surface area (Å²) in [5.74, 6) is -0.500. The summed E-state index contributed by atoms with van der Waals surface area (Å²) in [6, 6.07) is 20.8. The number of hydrogen-bond donors (Lipinski definition) is 2. The van der Waals surface area contributed by atoms with Crippen LogP contribution >= 0.6 is 0 Å². The highest BCUT2D eigenvalue weighted by Crippen LogP contribution is 2.22. The minimum Gasteiger partial charge on any atom is -0.383 e. The number of benzene rings is 3. The quantitative estimate of drug-likeness (QED) is 0.688. The van der Waals surface area contributed by atoms with Crippen molar-refractivity contribution in [2.45, 2.75) is 0 Å². The van der Waals surface area contributed by atoms with E-state index in [9.17, 15) is 4.39 Å². The van der Waals surface area contributed by atoms with Crippen molar-refractivity contribution in [1.29, 1.82) is 5.26 Å². The van der Waals surface area contributed by atoms with Crippen LogP contribution in [0.5, 0.6) is 0 Å². The maximum Gasteiger partial charge on any atom is 0.143 e. The summed E-state index contributed by atoms with van der Waals surface area (Å²) < 4.78 is 13.5. The molecule has 0 atom stereocenters. The van der Waals surface area contributed by atoms with Gasteiger partial charge in [0, 0.05) is 24.2 Å². The highest BCUT2D eigenvalue weighted by atomic mass is 19.1. The molecule has 0 saturated carbocycles. The van der Waals surface area contributed by atoms with Gasteiger partial charge in [0.25, 0.3) is 0 Å². The van der Waals surface area contributed by atoms with Crippen LogP contribution in [0, 0.1) is 17.1 Å². The van der Waals surface area contributed by atoms with E-state index >= 15 is 0 Å². The van der Waals surface area contributed by atoms with Gasteiger partial charge in [-0.1, -0.05) is 42.5 Å². The summed E-state index contributed by atoms with van der Waals surface area (Å²) in [7, 11) is 0. The second-order valence-electron chi connectivity index (χ2n) is 5.15. The van der Waals surface area contributed by atoms with Crippen molar-refractivity contribution in [2.24, 2.45) is 0 Å². The molecule has 0 amide bonds. The normalized spacial score (nSPS) is 10.3. The van der Waals surface area contributed by atoms with E-state index in [0.29, 0.717) is 18.8 Å². The molecule has 3 rings (SSSR count). The predicted octanol–water partition coefficient (Wildman–Crippen LogP) is 4.37. The maximum absolute atomic E-state index is 13.5. The third-order valence-corrected chi connectivity index (χ3v) is 3.67. The summed E-state index contributed by atoms with van der Waals surface area (Å²) in [6.07, 6.45) is 0. The Morgan fingerprint density at radius 2 is 1.48 bits per heavy atom. The molecule has 0 spiro atoms. The van der Waals surface area contributed by atoms with Crippen molar-refractivity contribution in [3.05, 3.63) is 72.0 Å². The van der Waals surface area contributed by atoms with Crippen LogP contribution in [-0.4, -0.2) is 13.1 Å². The number of nitriles is 1. The van der Waals surface area contributed by atoms with Crippen molar-refractivity contribution in [1.82, 2.24) is 0 Å². The SMILES string of the molecule is N#Cc1c(F)cccc1NCCNc1cccc2ccccc12. The number of anilines is 2. The van der Waals surface area contributed by atoms with E-state index in [1.807, 2.05) is 30.3 Å². The van der Waals surface area contributed by atoms with Crippen LogP contribution in [0.3, 0.4) is 0 Å². The van der Waals surface area contributed by atoms with Gasteiger partial charge in [-0.3, -0.25) is 0 Å². The van der Waals surface area contributed by atoms with Crippen LogP contribution in [0.1, 0.15) is 5.56 Å².